The number of aliphatic hydroxyl groups excluding tert-OH is 1. The van der Waals surface area contributed by atoms with Crippen molar-refractivity contribution in [1.29, 1.82) is 0 Å². The van der Waals surface area contributed by atoms with E-state index in [-0.39, 0.29) is 30.3 Å². The van der Waals surface area contributed by atoms with Crippen molar-refractivity contribution in [2.45, 2.75) is 89.4 Å². The molecule has 4 rings (SSSR count). The van der Waals surface area contributed by atoms with Crippen LogP contribution < -0.4 is 25.6 Å². The predicted octanol–water partition coefficient (Wildman–Crippen LogP) is 3.34. The second-order valence-corrected chi connectivity index (χ2v) is 11.1. The van der Waals surface area contributed by atoms with Gasteiger partial charge in [0.1, 0.15) is 5.75 Å². The Morgan fingerprint density at radius 2 is 1.83 bits per heavy atom. The third kappa shape index (κ3) is 8.78. The molecule has 1 aliphatic carbocycles. The number of ether oxygens (including phenoxy) is 1. The molecule has 2 aromatic carbocycles. The van der Waals surface area contributed by atoms with E-state index in [1.54, 1.807) is 30.0 Å². The van der Waals surface area contributed by atoms with E-state index in [1.807, 2.05) is 37.3 Å². The molecule has 1 saturated carbocycles. The van der Waals surface area contributed by atoms with Crippen LogP contribution in [0.3, 0.4) is 0 Å². The van der Waals surface area contributed by atoms with Crippen LogP contribution in [0.15, 0.2) is 48.5 Å². The van der Waals surface area contributed by atoms with Crippen molar-refractivity contribution in [1.82, 2.24) is 16.0 Å². The average molecular weight is 565 g/mol. The molecule has 4 N–H and O–H groups in total. The molecule has 9 nitrogen and oxygen atoms in total. The van der Waals surface area contributed by atoms with Crippen LogP contribution in [0.25, 0.3) is 0 Å². The number of carbonyl (C=O) groups is 3. The van der Waals surface area contributed by atoms with Gasteiger partial charge in [-0.2, -0.15) is 0 Å². The van der Waals surface area contributed by atoms with Crippen LogP contribution in [0.2, 0.25) is 0 Å². The van der Waals surface area contributed by atoms with Crippen LogP contribution >= 0.6 is 0 Å². The van der Waals surface area contributed by atoms with Gasteiger partial charge in [-0.05, 0) is 57.2 Å². The summed E-state index contributed by atoms with van der Waals surface area (Å²) in [5.74, 6) is 0.0802. The van der Waals surface area contributed by atoms with Gasteiger partial charge in [-0.1, -0.05) is 49.6 Å². The van der Waals surface area contributed by atoms with Crippen LogP contribution in [0.5, 0.6) is 5.75 Å². The van der Waals surface area contributed by atoms with E-state index < -0.39 is 18.2 Å². The fraction of sp³-hybridized carbons (Fsp3) is 0.531. The van der Waals surface area contributed by atoms with Crippen LogP contribution in [-0.4, -0.2) is 66.8 Å². The number of nitrogens with zero attached hydrogens (tertiary/aromatic N) is 1. The number of rotatable bonds is 13. The highest BCUT2D eigenvalue weighted by molar-refractivity contribution is 5.99. The Kier molecular flexibility index (Phi) is 11.2. The van der Waals surface area contributed by atoms with Crippen molar-refractivity contribution in [3.8, 4) is 5.75 Å². The summed E-state index contributed by atoms with van der Waals surface area (Å²) in [7, 11) is 0. The molecule has 222 valence electrons. The van der Waals surface area contributed by atoms with E-state index in [2.05, 4.69) is 16.0 Å². The molecule has 3 atom stereocenters. The van der Waals surface area contributed by atoms with Gasteiger partial charge in [0.2, 0.25) is 11.8 Å². The number of carbonyl (C=O) groups excluding carboxylic acids is 3. The third-order valence-corrected chi connectivity index (χ3v) is 7.91. The Balaban J connectivity index is 1.45. The highest BCUT2D eigenvalue weighted by atomic mass is 16.5. The molecule has 3 amide bonds. The lowest BCUT2D eigenvalue weighted by Gasteiger charge is -2.28. The zero-order chi connectivity index (χ0) is 29.2. The largest absolute Gasteiger partial charge is 0.494 e. The molecule has 0 spiro atoms. The average Bonchev–Trinajstić information content (AvgIpc) is 3.42. The van der Waals surface area contributed by atoms with Gasteiger partial charge >= 0.3 is 0 Å². The van der Waals surface area contributed by atoms with Gasteiger partial charge in [0.15, 0.2) is 0 Å². The van der Waals surface area contributed by atoms with E-state index in [0.29, 0.717) is 43.0 Å². The van der Waals surface area contributed by atoms with Crippen LogP contribution in [-0.2, 0) is 16.0 Å². The van der Waals surface area contributed by atoms with Crippen molar-refractivity contribution in [2.75, 3.05) is 24.6 Å². The molecule has 1 aliphatic heterocycles. The zero-order valence-electron chi connectivity index (χ0n) is 24.2. The Morgan fingerprint density at radius 3 is 2.51 bits per heavy atom. The minimum absolute atomic E-state index is 0.0232. The van der Waals surface area contributed by atoms with Crippen molar-refractivity contribution in [3.05, 3.63) is 59.7 Å². The van der Waals surface area contributed by atoms with Gasteiger partial charge in [0.25, 0.3) is 5.91 Å². The maximum atomic E-state index is 13.6. The molecule has 2 aliphatic rings. The first-order valence-corrected chi connectivity index (χ1v) is 15.0. The van der Waals surface area contributed by atoms with Gasteiger partial charge in [-0.25, -0.2) is 0 Å². The third-order valence-electron chi connectivity index (χ3n) is 7.91. The fourth-order valence-corrected chi connectivity index (χ4v) is 5.55. The molecule has 0 radical (unpaired) electrons. The Labute approximate surface area is 243 Å². The van der Waals surface area contributed by atoms with E-state index in [9.17, 15) is 19.5 Å². The summed E-state index contributed by atoms with van der Waals surface area (Å²) < 4.78 is 5.71. The zero-order valence-corrected chi connectivity index (χ0v) is 24.2. The fourth-order valence-electron chi connectivity index (χ4n) is 5.55. The number of amides is 3. The highest BCUT2D eigenvalue weighted by Crippen LogP contribution is 2.28. The molecule has 0 unspecified atom stereocenters. The Bertz CT molecular complexity index is 1170. The lowest BCUT2D eigenvalue weighted by Crippen LogP contribution is -2.53. The topological polar surface area (TPSA) is 120 Å². The number of benzene rings is 2. The summed E-state index contributed by atoms with van der Waals surface area (Å²) in [4.78, 5) is 40.4. The van der Waals surface area contributed by atoms with Crippen LogP contribution in [0.4, 0.5) is 5.69 Å². The first-order chi connectivity index (χ1) is 19.8. The second kappa shape index (κ2) is 15.0. The lowest BCUT2D eigenvalue weighted by molar-refractivity contribution is -0.123. The van der Waals surface area contributed by atoms with Crippen molar-refractivity contribution in [2.24, 2.45) is 0 Å². The highest BCUT2D eigenvalue weighted by Gasteiger charge is 2.27. The second-order valence-electron chi connectivity index (χ2n) is 11.1. The Hall–Kier alpha value is -3.43. The van der Waals surface area contributed by atoms with Crippen molar-refractivity contribution < 1.29 is 24.2 Å². The molecule has 1 heterocycles. The van der Waals surface area contributed by atoms with E-state index in [4.69, 9.17) is 4.74 Å². The normalized spacial score (nSPS) is 18.0. The SMILES string of the molecule is CCOc1cc(C(=O)N[C@@H](Cc2ccccc2)[C@@H](O)CN[C@@H](C)C(=O)NC2CCCCC2)cc(N2CCCC2=O)c1. The maximum absolute atomic E-state index is 13.6. The summed E-state index contributed by atoms with van der Waals surface area (Å²) in [6.45, 7) is 4.80. The first kappa shape index (κ1) is 30.5. The van der Waals surface area contributed by atoms with Crippen LogP contribution in [0, 0.1) is 0 Å². The molecular formula is C32H44N4O5. The summed E-state index contributed by atoms with van der Waals surface area (Å²) >= 11 is 0. The molecule has 1 saturated heterocycles. The predicted molar refractivity (Wildman–Crippen MR) is 159 cm³/mol. The number of anilines is 1. The van der Waals surface area contributed by atoms with Crippen LogP contribution in [0.1, 0.15) is 74.7 Å². The van der Waals surface area contributed by atoms with E-state index in [0.717, 1.165) is 37.7 Å². The number of nitrogens with one attached hydrogen (secondary N) is 3. The molecule has 41 heavy (non-hydrogen) atoms. The molecule has 2 aromatic rings. The number of hydrogen-bond acceptors (Lipinski definition) is 6. The smallest absolute Gasteiger partial charge is 0.251 e. The minimum Gasteiger partial charge on any atom is -0.494 e. The molecule has 9 heteroatoms. The standard InChI is InChI=1S/C32H44N4O5/c1-3-41-27-19-24(18-26(20-27)36-16-10-15-30(36)38)32(40)35-28(17-23-11-6-4-7-12-23)29(37)21-33-22(2)31(39)34-25-13-8-5-9-14-25/h4,6-7,11-12,18-20,22,25,28-29,33,37H,3,5,8-10,13-17,21H2,1-2H3,(H,34,39)(H,35,40)/t22-,28-,29-/m0/s1. The molecular weight excluding hydrogens is 520 g/mol. The van der Waals surface area contributed by atoms with Crippen molar-refractivity contribution in [3.63, 3.8) is 0 Å². The van der Waals surface area contributed by atoms with Crippen molar-refractivity contribution >= 4 is 23.4 Å². The van der Waals surface area contributed by atoms with Gasteiger partial charge in [0.05, 0.1) is 24.8 Å². The maximum Gasteiger partial charge on any atom is 0.251 e. The molecule has 2 fully saturated rings. The summed E-state index contributed by atoms with van der Waals surface area (Å²) in [5, 5.41) is 20.5. The number of aliphatic hydroxyl groups is 1. The molecule has 0 bridgehead atoms. The van der Waals surface area contributed by atoms with E-state index in [1.165, 1.54) is 6.42 Å². The lowest BCUT2D eigenvalue weighted by atomic mass is 9.95. The van der Waals surface area contributed by atoms with Gasteiger partial charge in [-0.15, -0.1) is 0 Å². The quantitative estimate of drug-likeness (QED) is 0.296. The van der Waals surface area contributed by atoms with Gasteiger partial charge < -0.3 is 30.7 Å². The van der Waals surface area contributed by atoms with Gasteiger partial charge in [-0.3, -0.25) is 14.4 Å². The first-order valence-electron chi connectivity index (χ1n) is 15.0. The molecule has 0 aromatic heterocycles. The summed E-state index contributed by atoms with van der Waals surface area (Å²) in [5.41, 5.74) is 1.94. The minimum atomic E-state index is -0.959. The number of hydrogen-bond donors (Lipinski definition) is 4. The Morgan fingerprint density at radius 1 is 1.07 bits per heavy atom. The van der Waals surface area contributed by atoms with E-state index >= 15 is 0 Å². The summed E-state index contributed by atoms with van der Waals surface area (Å²) in [6, 6.07) is 13.9. The monoisotopic (exact) mass is 564 g/mol. The van der Waals surface area contributed by atoms with Gasteiger partial charge in [0, 0.05) is 42.9 Å². The summed E-state index contributed by atoms with van der Waals surface area (Å²) in [6.07, 6.45) is 6.19.